The van der Waals surface area contributed by atoms with Crippen LogP contribution in [0.15, 0.2) is 0 Å². The van der Waals surface area contributed by atoms with Crippen molar-refractivity contribution in [1.82, 2.24) is 0 Å². The van der Waals surface area contributed by atoms with Crippen LogP contribution in [0.4, 0.5) is 0 Å². The highest BCUT2D eigenvalue weighted by atomic mass is 16.6. The zero-order chi connectivity index (χ0) is 9.59. The van der Waals surface area contributed by atoms with Crippen LogP contribution in [0.2, 0.25) is 0 Å². The molecule has 2 aliphatic carbocycles. The molecule has 3 nitrogen and oxygen atoms in total. The van der Waals surface area contributed by atoms with E-state index in [4.69, 9.17) is 4.74 Å². The third kappa shape index (κ3) is 0.680. The Hall–Kier alpha value is -0.410. The smallest absolute Gasteiger partial charge is 0.170 e. The van der Waals surface area contributed by atoms with E-state index in [2.05, 4.69) is 13.8 Å². The van der Waals surface area contributed by atoms with E-state index in [1.165, 1.54) is 0 Å². The van der Waals surface area contributed by atoms with E-state index >= 15 is 0 Å². The van der Waals surface area contributed by atoms with Gasteiger partial charge in [-0.25, -0.2) is 0 Å². The van der Waals surface area contributed by atoms with Gasteiger partial charge in [0.1, 0.15) is 11.7 Å². The molecule has 0 aromatic heterocycles. The Morgan fingerprint density at radius 2 is 2.00 bits per heavy atom. The molecule has 1 aliphatic heterocycles. The Kier molecular flexibility index (Phi) is 1.04. The highest BCUT2D eigenvalue weighted by molar-refractivity contribution is 5.95. The highest BCUT2D eigenvalue weighted by Crippen LogP contribution is 2.69. The number of carbonyl (C=O) groups is 1. The average molecular weight is 182 g/mol. The van der Waals surface area contributed by atoms with Crippen molar-refractivity contribution in [3.05, 3.63) is 0 Å². The lowest BCUT2D eigenvalue weighted by molar-refractivity contribution is -0.140. The van der Waals surface area contributed by atoms with Gasteiger partial charge in [0.05, 0.1) is 6.10 Å². The van der Waals surface area contributed by atoms with Crippen LogP contribution in [0.5, 0.6) is 0 Å². The number of fused-ring (bicyclic) bond motifs is 3. The van der Waals surface area contributed by atoms with Gasteiger partial charge in [0.2, 0.25) is 0 Å². The zero-order valence-corrected chi connectivity index (χ0v) is 8.07. The number of epoxide rings is 1. The number of hydrogen-bond acceptors (Lipinski definition) is 3. The van der Waals surface area contributed by atoms with Gasteiger partial charge in [-0.3, -0.25) is 4.79 Å². The predicted molar refractivity (Wildman–Crippen MR) is 45.1 cm³/mol. The number of hydrogen-bond donors (Lipinski definition) is 1. The maximum absolute atomic E-state index is 11.8. The SMILES string of the molecule is CC1(C)[C@H]2[C@@H]3O[C@@H]3[C@](C)(O)C(=O)[C@H]21. The number of ketones is 1. The van der Waals surface area contributed by atoms with Crippen LogP contribution in [0.25, 0.3) is 0 Å². The lowest BCUT2D eigenvalue weighted by atomic mass is 9.85. The molecule has 13 heavy (non-hydrogen) atoms. The predicted octanol–water partition coefficient (Wildman–Crippen LogP) is 0.360. The summed E-state index contributed by atoms with van der Waals surface area (Å²) < 4.78 is 5.38. The molecule has 0 bridgehead atoms. The van der Waals surface area contributed by atoms with Gasteiger partial charge in [-0.1, -0.05) is 13.8 Å². The molecule has 3 heteroatoms. The lowest BCUT2D eigenvalue weighted by Crippen LogP contribution is -2.46. The van der Waals surface area contributed by atoms with Crippen molar-refractivity contribution in [1.29, 1.82) is 0 Å². The maximum atomic E-state index is 11.8. The first-order valence-corrected chi connectivity index (χ1v) is 4.80. The van der Waals surface area contributed by atoms with Crippen LogP contribution in [0.3, 0.4) is 0 Å². The first kappa shape index (κ1) is 7.94. The summed E-state index contributed by atoms with van der Waals surface area (Å²) in [6.45, 7) is 5.76. The molecule has 1 heterocycles. The molecule has 0 aromatic carbocycles. The van der Waals surface area contributed by atoms with Gasteiger partial charge in [0.15, 0.2) is 5.78 Å². The number of ether oxygens (including phenoxy) is 1. The first-order valence-electron chi connectivity index (χ1n) is 4.80. The van der Waals surface area contributed by atoms with Crippen molar-refractivity contribution in [2.75, 3.05) is 0 Å². The summed E-state index contributed by atoms with van der Waals surface area (Å²) >= 11 is 0. The van der Waals surface area contributed by atoms with Crippen molar-refractivity contribution in [3.63, 3.8) is 0 Å². The van der Waals surface area contributed by atoms with E-state index in [9.17, 15) is 9.90 Å². The zero-order valence-electron chi connectivity index (χ0n) is 8.07. The molecular formula is C10H14O3. The topological polar surface area (TPSA) is 49.8 Å². The minimum absolute atomic E-state index is 0.0127. The Labute approximate surface area is 77.1 Å². The Bertz CT molecular complexity index is 305. The van der Waals surface area contributed by atoms with Crippen molar-refractivity contribution >= 4 is 5.78 Å². The van der Waals surface area contributed by atoms with Gasteiger partial charge in [-0.05, 0) is 12.3 Å². The molecule has 3 fully saturated rings. The standard InChI is InChI=1S/C10H14O3/c1-9(2)4-5(9)7(11)10(3,12)8-6(4)13-8/h4-6,8,12H,1-3H3/t4-,5+,6+,8+,10-/m1/s1. The molecule has 3 aliphatic rings. The van der Waals surface area contributed by atoms with Gasteiger partial charge in [-0.2, -0.15) is 0 Å². The van der Waals surface area contributed by atoms with Gasteiger partial charge < -0.3 is 9.84 Å². The highest BCUT2D eigenvalue weighted by Gasteiger charge is 2.79. The monoisotopic (exact) mass is 182 g/mol. The Morgan fingerprint density at radius 1 is 1.38 bits per heavy atom. The molecule has 0 radical (unpaired) electrons. The fraction of sp³-hybridized carbons (Fsp3) is 0.900. The third-order valence-corrected chi connectivity index (χ3v) is 4.13. The van der Waals surface area contributed by atoms with E-state index in [1.54, 1.807) is 6.92 Å². The molecule has 0 aromatic rings. The Morgan fingerprint density at radius 3 is 2.62 bits per heavy atom. The van der Waals surface area contributed by atoms with Crippen LogP contribution in [-0.2, 0) is 9.53 Å². The molecule has 5 atom stereocenters. The van der Waals surface area contributed by atoms with E-state index in [0.29, 0.717) is 5.92 Å². The molecule has 1 saturated heterocycles. The van der Waals surface area contributed by atoms with E-state index in [1.807, 2.05) is 0 Å². The molecule has 0 spiro atoms. The third-order valence-electron chi connectivity index (χ3n) is 4.13. The second kappa shape index (κ2) is 1.71. The van der Waals surface area contributed by atoms with Crippen molar-refractivity contribution in [2.45, 2.75) is 38.6 Å². The summed E-state index contributed by atoms with van der Waals surface area (Å²) in [5, 5.41) is 9.91. The summed E-state index contributed by atoms with van der Waals surface area (Å²) in [5.41, 5.74) is -1.17. The summed E-state index contributed by atoms with van der Waals surface area (Å²) in [4.78, 5) is 11.8. The normalized spacial score (nSPS) is 61.1. The largest absolute Gasteiger partial charge is 0.379 e. The van der Waals surface area contributed by atoms with Gasteiger partial charge in [0, 0.05) is 11.8 Å². The summed E-state index contributed by atoms with van der Waals surface area (Å²) in [5.74, 6) is 0.387. The number of Topliss-reactive ketones (excluding diaryl/α,β-unsaturated/α-hetero) is 1. The van der Waals surface area contributed by atoms with E-state index < -0.39 is 5.60 Å². The molecule has 1 N–H and O–H groups in total. The second-order valence-electron chi connectivity index (χ2n) is 5.36. The minimum atomic E-state index is -1.22. The molecule has 3 rings (SSSR count). The summed E-state index contributed by atoms with van der Waals surface area (Å²) in [6, 6.07) is 0. The first-order chi connectivity index (χ1) is 5.88. The van der Waals surface area contributed by atoms with Crippen LogP contribution in [0.1, 0.15) is 20.8 Å². The van der Waals surface area contributed by atoms with Gasteiger partial charge >= 0.3 is 0 Å². The number of rotatable bonds is 0. The fourth-order valence-electron chi connectivity index (χ4n) is 3.10. The van der Waals surface area contributed by atoms with Crippen molar-refractivity contribution in [3.8, 4) is 0 Å². The van der Waals surface area contributed by atoms with E-state index in [0.717, 1.165) is 0 Å². The van der Waals surface area contributed by atoms with Crippen LogP contribution in [-0.4, -0.2) is 28.7 Å². The average Bonchev–Trinajstić information content (AvgIpc) is 2.81. The fourth-order valence-corrected chi connectivity index (χ4v) is 3.10. The molecular weight excluding hydrogens is 168 g/mol. The van der Waals surface area contributed by atoms with Crippen LogP contribution in [0, 0.1) is 17.3 Å². The minimum Gasteiger partial charge on any atom is -0.379 e. The Balaban J connectivity index is 2.02. The summed E-state index contributed by atoms with van der Waals surface area (Å²) in [7, 11) is 0. The molecule has 2 saturated carbocycles. The van der Waals surface area contributed by atoms with Crippen molar-refractivity contribution < 1.29 is 14.6 Å². The second-order valence-corrected chi connectivity index (χ2v) is 5.36. The molecule has 0 unspecified atom stereocenters. The maximum Gasteiger partial charge on any atom is 0.170 e. The van der Waals surface area contributed by atoms with Crippen LogP contribution < -0.4 is 0 Å². The molecule has 72 valence electrons. The van der Waals surface area contributed by atoms with E-state index in [-0.39, 0.29) is 29.3 Å². The van der Waals surface area contributed by atoms with Crippen LogP contribution >= 0.6 is 0 Å². The van der Waals surface area contributed by atoms with Crippen molar-refractivity contribution in [2.24, 2.45) is 17.3 Å². The number of carbonyl (C=O) groups excluding carboxylic acids is 1. The van der Waals surface area contributed by atoms with Gasteiger partial charge in [-0.15, -0.1) is 0 Å². The number of aliphatic hydroxyl groups is 1. The quantitative estimate of drug-likeness (QED) is 0.550. The summed E-state index contributed by atoms with van der Waals surface area (Å²) in [6.07, 6.45) is -0.0734. The molecule has 0 amide bonds. The lowest BCUT2D eigenvalue weighted by Gasteiger charge is -2.22. The van der Waals surface area contributed by atoms with Gasteiger partial charge in [0.25, 0.3) is 0 Å².